The van der Waals surface area contributed by atoms with E-state index in [1.54, 1.807) is 0 Å². The van der Waals surface area contributed by atoms with Crippen LogP contribution in [0.3, 0.4) is 0 Å². The number of rotatable bonds is 9. The minimum atomic E-state index is -0.539. The number of aliphatic hydroxyl groups is 2. The van der Waals surface area contributed by atoms with Gasteiger partial charge in [0.1, 0.15) is 0 Å². The molecule has 3 N–H and O–H groups in total. The van der Waals surface area contributed by atoms with Gasteiger partial charge in [-0.15, -0.1) is 0 Å². The van der Waals surface area contributed by atoms with Crippen molar-refractivity contribution in [1.29, 1.82) is 0 Å². The molecule has 118 valence electrons. The smallest absolute Gasteiger partial charge is 0.0914 e. The minimum absolute atomic E-state index is 0.0381. The van der Waals surface area contributed by atoms with Crippen molar-refractivity contribution in [3.63, 3.8) is 0 Å². The summed E-state index contributed by atoms with van der Waals surface area (Å²) in [4.78, 5) is 0. The Morgan fingerprint density at radius 1 is 0.909 bits per heavy atom. The van der Waals surface area contributed by atoms with Crippen molar-refractivity contribution < 1.29 is 14.9 Å². The predicted octanol–water partition coefficient (Wildman–Crippen LogP) is 1.99. The third-order valence-corrected chi connectivity index (χ3v) is 3.40. The molecule has 4 nitrogen and oxygen atoms in total. The molecule has 0 fully saturated rings. The molecule has 2 rings (SSSR count). The van der Waals surface area contributed by atoms with Crippen LogP contribution < -0.4 is 5.32 Å². The fourth-order valence-electron chi connectivity index (χ4n) is 2.20. The summed E-state index contributed by atoms with van der Waals surface area (Å²) >= 11 is 0. The maximum Gasteiger partial charge on any atom is 0.0914 e. The molecule has 0 amide bonds. The number of nitrogens with one attached hydrogen (secondary N) is 1. The Bertz CT molecular complexity index is 528. The van der Waals surface area contributed by atoms with E-state index in [2.05, 4.69) is 17.4 Å². The second kappa shape index (κ2) is 9.33. The highest BCUT2D eigenvalue weighted by Crippen LogP contribution is 2.21. The highest BCUT2D eigenvalue weighted by atomic mass is 16.5. The first-order valence-electron chi connectivity index (χ1n) is 7.54. The van der Waals surface area contributed by atoms with Crippen molar-refractivity contribution in [2.24, 2.45) is 0 Å². The lowest BCUT2D eigenvalue weighted by molar-refractivity contribution is 0.0910. The first-order valence-corrected chi connectivity index (χ1v) is 7.54. The van der Waals surface area contributed by atoms with E-state index in [9.17, 15) is 5.11 Å². The van der Waals surface area contributed by atoms with Crippen LogP contribution in [0.1, 0.15) is 11.7 Å². The number of hydrogen-bond donors (Lipinski definition) is 3. The Morgan fingerprint density at radius 3 is 2.27 bits per heavy atom. The maximum absolute atomic E-state index is 10.1. The molecule has 0 spiro atoms. The van der Waals surface area contributed by atoms with E-state index in [1.807, 2.05) is 42.5 Å². The summed E-state index contributed by atoms with van der Waals surface area (Å²) in [6.07, 6.45) is -0.539. The average Bonchev–Trinajstić information content (AvgIpc) is 2.59. The molecule has 4 heteroatoms. The summed E-state index contributed by atoms with van der Waals surface area (Å²) in [6.45, 7) is 2.05. The van der Waals surface area contributed by atoms with Crippen LogP contribution in [0.4, 0.5) is 0 Å². The molecule has 2 aromatic carbocycles. The van der Waals surface area contributed by atoms with Gasteiger partial charge in [-0.1, -0.05) is 54.6 Å². The first kappa shape index (κ1) is 16.6. The van der Waals surface area contributed by atoms with Gasteiger partial charge in [-0.05, 0) is 16.7 Å². The zero-order valence-electron chi connectivity index (χ0n) is 12.6. The summed E-state index contributed by atoms with van der Waals surface area (Å²) in [5, 5.41) is 21.9. The fourth-order valence-corrected chi connectivity index (χ4v) is 2.20. The van der Waals surface area contributed by atoms with Gasteiger partial charge in [0.25, 0.3) is 0 Å². The van der Waals surface area contributed by atoms with Gasteiger partial charge in [-0.3, -0.25) is 0 Å². The number of aliphatic hydroxyl groups excluding tert-OH is 2. The number of hydrogen-bond acceptors (Lipinski definition) is 4. The minimum Gasteiger partial charge on any atom is -0.394 e. The summed E-state index contributed by atoms with van der Waals surface area (Å²) in [6, 6.07) is 18.1. The topological polar surface area (TPSA) is 61.7 Å². The van der Waals surface area contributed by atoms with Crippen LogP contribution in [-0.4, -0.2) is 43.1 Å². The molecule has 1 unspecified atom stereocenters. The summed E-state index contributed by atoms with van der Waals surface area (Å²) in [7, 11) is 0. The molecule has 0 heterocycles. The Hall–Kier alpha value is -1.72. The second-order valence-corrected chi connectivity index (χ2v) is 5.04. The third-order valence-electron chi connectivity index (χ3n) is 3.40. The molecular weight excluding hydrogens is 278 g/mol. The highest BCUT2D eigenvalue weighted by Gasteiger charge is 2.07. The van der Waals surface area contributed by atoms with E-state index >= 15 is 0 Å². The molecule has 22 heavy (non-hydrogen) atoms. The lowest BCUT2D eigenvalue weighted by Crippen LogP contribution is -2.25. The van der Waals surface area contributed by atoms with E-state index in [0.717, 1.165) is 11.1 Å². The molecule has 2 aromatic rings. The van der Waals surface area contributed by atoms with Crippen molar-refractivity contribution in [3.8, 4) is 11.1 Å². The zero-order valence-corrected chi connectivity index (χ0v) is 12.6. The SMILES string of the molecule is OCCOCCNCC(O)c1ccc(-c2ccccc2)cc1. The van der Waals surface area contributed by atoms with E-state index in [0.29, 0.717) is 26.3 Å². The Balaban J connectivity index is 1.80. The van der Waals surface area contributed by atoms with E-state index < -0.39 is 6.10 Å². The summed E-state index contributed by atoms with van der Waals surface area (Å²) < 4.78 is 5.14. The maximum atomic E-state index is 10.1. The first-order chi connectivity index (χ1) is 10.8. The molecule has 0 aromatic heterocycles. The van der Waals surface area contributed by atoms with Crippen LogP contribution in [0.15, 0.2) is 54.6 Å². The van der Waals surface area contributed by atoms with Gasteiger partial charge in [0, 0.05) is 13.1 Å². The molecule has 0 aliphatic heterocycles. The second-order valence-electron chi connectivity index (χ2n) is 5.04. The fraction of sp³-hybridized carbons (Fsp3) is 0.333. The Kier molecular flexibility index (Phi) is 7.06. The normalized spacial score (nSPS) is 12.3. The van der Waals surface area contributed by atoms with Gasteiger partial charge in [-0.2, -0.15) is 0 Å². The van der Waals surface area contributed by atoms with Crippen LogP contribution in [0, 0.1) is 0 Å². The standard InChI is InChI=1S/C18H23NO3/c20-11-13-22-12-10-19-14-18(21)17-8-6-16(7-9-17)15-4-2-1-3-5-15/h1-9,18-21H,10-14H2. The molecule has 0 radical (unpaired) electrons. The molecule has 0 bridgehead atoms. The monoisotopic (exact) mass is 301 g/mol. The third kappa shape index (κ3) is 5.24. The predicted molar refractivity (Wildman–Crippen MR) is 87.6 cm³/mol. The largest absolute Gasteiger partial charge is 0.394 e. The van der Waals surface area contributed by atoms with Gasteiger partial charge in [0.2, 0.25) is 0 Å². The average molecular weight is 301 g/mol. The number of benzene rings is 2. The van der Waals surface area contributed by atoms with E-state index in [4.69, 9.17) is 9.84 Å². The number of ether oxygens (including phenoxy) is 1. The Morgan fingerprint density at radius 2 is 1.59 bits per heavy atom. The Labute approximate surface area is 131 Å². The van der Waals surface area contributed by atoms with Gasteiger partial charge in [0.15, 0.2) is 0 Å². The van der Waals surface area contributed by atoms with Crippen molar-refractivity contribution in [2.75, 3.05) is 32.9 Å². The van der Waals surface area contributed by atoms with Gasteiger partial charge in [-0.25, -0.2) is 0 Å². The van der Waals surface area contributed by atoms with Crippen LogP contribution in [-0.2, 0) is 4.74 Å². The summed E-state index contributed by atoms with van der Waals surface area (Å²) in [5.41, 5.74) is 3.20. The van der Waals surface area contributed by atoms with E-state index in [1.165, 1.54) is 5.56 Å². The molecule has 0 saturated carbocycles. The lowest BCUT2D eigenvalue weighted by Gasteiger charge is -2.13. The molecule has 0 saturated heterocycles. The van der Waals surface area contributed by atoms with Gasteiger partial charge in [0.05, 0.1) is 25.9 Å². The molecule has 1 atom stereocenters. The highest BCUT2D eigenvalue weighted by molar-refractivity contribution is 5.63. The molecule has 0 aliphatic rings. The van der Waals surface area contributed by atoms with Crippen molar-refractivity contribution in [3.05, 3.63) is 60.2 Å². The zero-order chi connectivity index (χ0) is 15.6. The van der Waals surface area contributed by atoms with Gasteiger partial charge < -0.3 is 20.3 Å². The van der Waals surface area contributed by atoms with Crippen LogP contribution in [0.2, 0.25) is 0 Å². The van der Waals surface area contributed by atoms with E-state index in [-0.39, 0.29) is 6.61 Å². The molecular formula is C18H23NO3. The van der Waals surface area contributed by atoms with Crippen molar-refractivity contribution in [1.82, 2.24) is 5.32 Å². The lowest BCUT2D eigenvalue weighted by atomic mass is 10.0. The van der Waals surface area contributed by atoms with Crippen LogP contribution >= 0.6 is 0 Å². The van der Waals surface area contributed by atoms with Crippen LogP contribution in [0.25, 0.3) is 11.1 Å². The van der Waals surface area contributed by atoms with Crippen molar-refractivity contribution >= 4 is 0 Å². The van der Waals surface area contributed by atoms with Crippen molar-refractivity contribution in [2.45, 2.75) is 6.10 Å². The molecule has 0 aliphatic carbocycles. The summed E-state index contributed by atoms with van der Waals surface area (Å²) in [5.74, 6) is 0. The van der Waals surface area contributed by atoms with Crippen LogP contribution in [0.5, 0.6) is 0 Å². The van der Waals surface area contributed by atoms with Gasteiger partial charge >= 0.3 is 0 Å². The quantitative estimate of drug-likeness (QED) is 0.620.